The number of fused-ring (bicyclic) bond motifs is 8. The number of allylic oxidation sites excluding steroid dienone is 5. The van der Waals surface area contributed by atoms with Crippen LogP contribution in [0.2, 0.25) is 0 Å². The van der Waals surface area contributed by atoms with E-state index >= 15 is 0 Å². The smallest absolute Gasteiger partial charge is 0.128 e. The van der Waals surface area contributed by atoms with E-state index in [0.717, 1.165) is 61.4 Å². The summed E-state index contributed by atoms with van der Waals surface area (Å²) in [7, 11) is 0. The van der Waals surface area contributed by atoms with Gasteiger partial charge in [0.2, 0.25) is 0 Å². The quantitative estimate of drug-likeness (QED) is 0.182. The Balaban J connectivity index is 1.25. The maximum atomic E-state index is 14.7. The zero-order valence-electron chi connectivity index (χ0n) is 27.8. The largest absolute Gasteiger partial charge is 0.485 e. The normalized spacial score (nSPS) is 21.1. The highest BCUT2D eigenvalue weighted by Crippen LogP contribution is 2.60. The van der Waals surface area contributed by atoms with Crippen molar-refractivity contribution in [3.63, 3.8) is 0 Å². The van der Waals surface area contributed by atoms with Gasteiger partial charge < -0.3 is 9.64 Å². The van der Waals surface area contributed by atoms with Crippen LogP contribution in [0.25, 0.3) is 21.9 Å². The van der Waals surface area contributed by atoms with Gasteiger partial charge in [0.05, 0.1) is 5.41 Å². The molecule has 6 aromatic rings. The average molecular weight is 666 g/mol. The van der Waals surface area contributed by atoms with Gasteiger partial charge in [-0.1, -0.05) is 103 Å². The highest BCUT2D eigenvalue weighted by molar-refractivity contribution is 6.04. The van der Waals surface area contributed by atoms with E-state index in [4.69, 9.17) is 4.74 Å². The van der Waals surface area contributed by atoms with Crippen LogP contribution in [0.15, 0.2) is 181 Å². The van der Waals surface area contributed by atoms with E-state index in [1.54, 1.807) is 18.2 Å². The Morgan fingerprint density at radius 1 is 0.686 bits per heavy atom. The summed E-state index contributed by atoms with van der Waals surface area (Å²) in [6, 6.07) is 45.3. The standard InChI is InChI=1S/C47H33F2NO/c48-33-19-15-31(16-20-33)47(32-17-21-34(49)22-18-32)42-26-14-30-8-4-5-11-38(30)46(42)40-25-23-37(29-43(40)47)50(35-9-2-1-3-10-35)36-24-27-45-41(28-36)39-12-6-7-13-44(39)51-45/h1-17,19-21,23-29,41,45H,18,22H2. The number of halogens is 2. The number of para-hydroxylation sites is 2. The van der Waals surface area contributed by atoms with E-state index in [1.807, 2.05) is 36.4 Å². The SMILES string of the molecule is FC1=CC=C(C2(c3ccc(F)cc3)c3cc(N(C4=CC5c6ccccc6OC5C=C4)c4ccccc4)ccc3-c3c2ccc2ccccc32)CC1. The maximum absolute atomic E-state index is 14.7. The van der Waals surface area contributed by atoms with Crippen LogP contribution < -0.4 is 9.64 Å². The van der Waals surface area contributed by atoms with Crippen LogP contribution in [0.4, 0.5) is 20.2 Å². The number of hydrogen-bond acceptors (Lipinski definition) is 2. The molecular weight excluding hydrogens is 633 g/mol. The molecule has 0 spiro atoms. The zero-order chi connectivity index (χ0) is 34.1. The molecule has 2 nitrogen and oxygen atoms in total. The number of ether oxygens (including phenoxy) is 1. The molecule has 0 N–H and O–H groups in total. The molecule has 4 aliphatic rings. The van der Waals surface area contributed by atoms with E-state index in [-0.39, 0.29) is 23.7 Å². The summed E-state index contributed by atoms with van der Waals surface area (Å²) < 4.78 is 35.7. The summed E-state index contributed by atoms with van der Waals surface area (Å²) in [5.41, 5.74) is 10.1. The fraction of sp³-hybridized carbons (Fsp3) is 0.106. The molecule has 3 atom stereocenters. The van der Waals surface area contributed by atoms with Gasteiger partial charge in [-0.05, 0) is 112 Å². The van der Waals surface area contributed by atoms with Crippen LogP contribution in [0.3, 0.4) is 0 Å². The minimum absolute atomic E-state index is 0.0515. The van der Waals surface area contributed by atoms with Crippen LogP contribution in [-0.2, 0) is 5.41 Å². The van der Waals surface area contributed by atoms with E-state index < -0.39 is 5.41 Å². The van der Waals surface area contributed by atoms with Gasteiger partial charge in [-0.3, -0.25) is 0 Å². The lowest BCUT2D eigenvalue weighted by Gasteiger charge is -2.37. The predicted molar refractivity (Wildman–Crippen MR) is 202 cm³/mol. The van der Waals surface area contributed by atoms with Crippen molar-refractivity contribution >= 4 is 22.1 Å². The first kappa shape index (κ1) is 29.9. The lowest BCUT2D eigenvalue weighted by Crippen LogP contribution is -2.31. The molecule has 246 valence electrons. The third-order valence-electron chi connectivity index (χ3n) is 11.1. The highest BCUT2D eigenvalue weighted by atomic mass is 19.1. The maximum Gasteiger partial charge on any atom is 0.128 e. The first-order valence-electron chi connectivity index (χ1n) is 17.6. The molecular formula is C47H33F2NO. The van der Waals surface area contributed by atoms with Crippen molar-refractivity contribution in [3.05, 3.63) is 209 Å². The van der Waals surface area contributed by atoms with E-state index in [0.29, 0.717) is 12.8 Å². The number of nitrogens with zero attached hydrogens (tertiary/aromatic N) is 1. The minimum atomic E-state index is -0.766. The zero-order valence-corrected chi connectivity index (χ0v) is 27.8. The topological polar surface area (TPSA) is 12.5 Å². The number of anilines is 2. The fourth-order valence-electron chi connectivity index (χ4n) is 8.90. The predicted octanol–water partition coefficient (Wildman–Crippen LogP) is 12.0. The number of benzene rings is 6. The third-order valence-corrected chi connectivity index (χ3v) is 11.1. The van der Waals surface area contributed by atoms with Crippen molar-refractivity contribution in [3.8, 4) is 16.9 Å². The van der Waals surface area contributed by atoms with Gasteiger partial charge in [-0.15, -0.1) is 0 Å². The Hall–Kier alpha value is -6.00. The lowest BCUT2D eigenvalue weighted by atomic mass is 9.65. The molecule has 0 saturated carbocycles. The Morgan fingerprint density at radius 3 is 2.33 bits per heavy atom. The van der Waals surface area contributed by atoms with Crippen molar-refractivity contribution in [1.82, 2.24) is 0 Å². The first-order chi connectivity index (χ1) is 25.1. The molecule has 0 fully saturated rings. The second kappa shape index (κ2) is 11.5. The van der Waals surface area contributed by atoms with Crippen molar-refractivity contribution < 1.29 is 13.5 Å². The van der Waals surface area contributed by atoms with Crippen LogP contribution in [0.1, 0.15) is 41.0 Å². The van der Waals surface area contributed by atoms with Crippen molar-refractivity contribution in [2.24, 2.45) is 0 Å². The summed E-state index contributed by atoms with van der Waals surface area (Å²) in [5.74, 6) is 0.606. The van der Waals surface area contributed by atoms with E-state index in [1.165, 1.54) is 11.1 Å². The molecule has 1 aliphatic heterocycles. The van der Waals surface area contributed by atoms with Crippen molar-refractivity contribution in [1.29, 1.82) is 0 Å². The summed E-state index contributed by atoms with van der Waals surface area (Å²) in [4.78, 5) is 2.32. The molecule has 0 bridgehead atoms. The fourth-order valence-corrected chi connectivity index (χ4v) is 8.90. The summed E-state index contributed by atoms with van der Waals surface area (Å²) in [6.45, 7) is 0. The Morgan fingerprint density at radius 2 is 1.49 bits per heavy atom. The monoisotopic (exact) mass is 665 g/mol. The molecule has 10 rings (SSSR count). The molecule has 3 aliphatic carbocycles. The second-order valence-corrected chi connectivity index (χ2v) is 13.8. The molecule has 0 saturated heterocycles. The minimum Gasteiger partial charge on any atom is -0.485 e. The molecule has 51 heavy (non-hydrogen) atoms. The van der Waals surface area contributed by atoms with Gasteiger partial charge in [-0.2, -0.15) is 0 Å². The summed E-state index contributed by atoms with van der Waals surface area (Å²) >= 11 is 0. The van der Waals surface area contributed by atoms with Gasteiger partial charge in [0.15, 0.2) is 0 Å². The highest BCUT2D eigenvalue weighted by Gasteiger charge is 2.48. The summed E-state index contributed by atoms with van der Waals surface area (Å²) in [5, 5.41) is 2.32. The van der Waals surface area contributed by atoms with Gasteiger partial charge in [0.25, 0.3) is 0 Å². The molecule has 0 amide bonds. The summed E-state index contributed by atoms with van der Waals surface area (Å²) in [6.07, 6.45) is 11.1. The van der Waals surface area contributed by atoms with E-state index in [2.05, 4.69) is 114 Å². The molecule has 3 unspecified atom stereocenters. The molecule has 0 radical (unpaired) electrons. The van der Waals surface area contributed by atoms with Gasteiger partial charge >= 0.3 is 0 Å². The molecule has 6 aromatic carbocycles. The molecule has 1 heterocycles. The number of rotatable bonds is 5. The number of hydrogen-bond donors (Lipinski definition) is 0. The van der Waals surface area contributed by atoms with Gasteiger partial charge in [-0.25, -0.2) is 8.78 Å². The van der Waals surface area contributed by atoms with Gasteiger partial charge in [0.1, 0.15) is 23.5 Å². The Labute approximate surface area is 296 Å². The van der Waals surface area contributed by atoms with Crippen molar-refractivity contribution in [2.75, 3.05) is 4.90 Å². The third kappa shape index (κ3) is 4.52. The van der Waals surface area contributed by atoms with Crippen LogP contribution in [0.5, 0.6) is 5.75 Å². The first-order valence-corrected chi connectivity index (χ1v) is 17.6. The molecule has 0 aromatic heterocycles. The van der Waals surface area contributed by atoms with Gasteiger partial charge in [0, 0.05) is 35.0 Å². The van der Waals surface area contributed by atoms with Crippen LogP contribution in [0, 0.1) is 5.82 Å². The van der Waals surface area contributed by atoms with Crippen LogP contribution in [-0.4, -0.2) is 6.10 Å². The lowest BCUT2D eigenvalue weighted by molar-refractivity contribution is 0.268. The van der Waals surface area contributed by atoms with Crippen LogP contribution >= 0.6 is 0 Å². The Kier molecular flexibility index (Phi) is 6.75. The van der Waals surface area contributed by atoms with E-state index in [9.17, 15) is 8.78 Å². The van der Waals surface area contributed by atoms with Crippen molar-refractivity contribution in [2.45, 2.75) is 30.3 Å². The molecule has 4 heteroatoms. The average Bonchev–Trinajstić information content (AvgIpc) is 3.69. The second-order valence-electron chi connectivity index (χ2n) is 13.8. The Bertz CT molecular complexity index is 2490.